The molecule has 1 saturated heterocycles. The molecule has 0 bridgehead atoms. The van der Waals surface area contributed by atoms with Crippen molar-refractivity contribution in [1.82, 2.24) is 4.98 Å². The average Bonchev–Trinajstić information content (AvgIpc) is 2.56. The third kappa shape index (κ3) is 3.99. The summed E-state index contributed by atoms with van der Waals surface area (Å²) < 4.78 is 27.2. The third-order valence-electron chi connectivity index (χ3n) is 4.24. The van der Waals surface area contributed by atoms with Gasteiger partial charge in [0.25, 0.3) is 10.0 Å². The molecule has 0 aliphatic carbocycles. The number of nitrogens with one attached hydrogen (secondary N) is 1. The smallest absolute Gasteiger partial charge is 0.263 e. The molecule has 7 heteroatoms. The Labute approximate surface area is 147 Å². The molecule has 1 aliphatic heterocycles. The molecule has 5 nitrogen and oxygen atoms in total. The van der Waals surface area contributed by atoms with Gasteiger partial charge in [0, 0.05) is 18.1 Å². The highest BCUT2D eigenvalue weighted by Gasteiger charge is 2.18. The molecule has 0 unspecified atom stereocenters. The van der Waals surface area contributed by atoms with Crippen LogP contribution in [0.5, 0.6) is 0 Å². The number of anilines is 2. The maximum Gasteiger partial charge on any atom is 0.263 e. The highest BCUT2D eigenvalue weighted by atomic mass is 35.5. The zero-order chi connectivity index (χ0) is 17.2. The summed E-state index contributed by atoms with van der Waals surface area (Å²) in [4.78, 5) is 6.64. The van der Waals surface area contributed by atoms with Gasteiger partial charge in [-0.15, -0.1) is 0 Å². The van der Waals surface area contributed by atoms with E-state index < -0.39 is 10.0 Å². The van der Waals surface area contributed by atoms with Crippen LogP contribution in [0.25, 0.3) is 0 Å². The minimum atomic E-state index is -3.69. The Hall–Kier alpha value is -1.79. The molecule has 0 radical (unpaired) electrons. The van der Waals surface area contributed by atoms with E-state index in [-0.39, 0.29) is 4.90 Å². The van der Waals surface area contributed by atoms with Crippen LogP contribution >= 0.6 is 11.6 Å². The second-order valence-electron chi connectivity index (χ2n) is 6.13. The molecule has 0 atom stereocenters. The van der Waals surface area contributed by atoms with Gasteiger partial charge in [-0.25, -0.2) is 13.4 Å². The molecule has 0 spiro atoms. The van der Waals surface area contributed by atoms with Crippen molar-refractivity contribution in [2.75, 3.05) is 22.7 Å². The normalized spacial score (nSPS) is 16.2. The molecule has 1 aliphatic rings. The number of hydrogen-bond acceptors (Lipinski definition) is 4. The lowest BCUT2D eigenvalue weighted by molar-refractivity contribution is 0.438. The predicted octanol–water partition coefficient (Wildman–Crippen LogP) is 3.77. The Bertz CT molecular complexity index is 801. The second kappa shape index (κ2) is 6.99. The van der Waals surface area contributed by atoms with Crippen LogP contribution < -0.4 is 9.62 Å². The highest BCUT2D eigenvalue weighted by molar-refractivity contribution is 7.92. The molecule has 3 rings (SSSR count). The van der Waals surface area contributed by atoms with Gasteiger partial charge < -0.3 is 4.90 Å². The first-order valence-corrected chi connectivity index (χ1v) is 9.79. The number of halogens is 1. The van der Waals surface area contributed by atoms with Gasteiger partial charge in [0.05, 0.1) is 16.8 Å². The highest BCUT2D eigenvalue weighted by Crippen LogP contribution is 2.24. The Kier molecular flexibility index (Phi) is 4.96. The van der Waals surface area contributed by atoms with Gasteiger partial charge in [-0.3, -0.25) is 4.72 Å². The number of benzene rings is 1. The molecule has 24 heavy (non-hydrogen) atoms. The Balaban J connectivity index is 1.72. The van der Waals surface area contributed by atoms with Crippen molar-refractivity contribution in [3.63, 3.8) is 0 Å². The van der Waals surface area contributed by atoms with Gasteiger partial charge >= 0.3 is 0 Å². The molecule has 1 fully saturated rings. The van der Waals surface area contributed by atoms with E-state index in [9.17, 15) is 8.42 Å². The number of hydrogen-bond donors (Lipinski definition) is 1. The molecule has 0 saturated carbocycles. The lowest BCUT2D eigenvalue weighted by Crippen LogP contribution is -2.32. The largest absolute Gasteiger partial charge is 0.370 e. The summed E-state index contributed by atoms with van der Waals surface area (Å²) in [5.74, 6) is 1.06. The van der Waals surface area contributed by atoms with Crippen LogP contribution in [0.3, 0.4) is 0 Å². The van der Waals surface area contributed by atoms with Crippen LogP contribution in [0.2, 0.25) is 5.02 Å². The van der Waals surface area contributed by atoms with Crippen molar-refractivity contribution in [2.24, 2.45) is 5.92 Å². The van der Waals surface area contributed by atoms with Crippen LogP contribution in [0.4, 0.5) is 11.5 Å². The van der Waals surface area contributed by atoms with Crippen molar-refractivity contribution in [3.05, 3.63) is 47.6 Å². The SMILES string of the molecule is CC1CCN(c2ccc(NS(=O)(=O)c3cccc(Cl)c3)nc2)CC1. The van der Waals surface area contributed by atoms with Gasteiger partial charge in [0.15, 0.2) is 0 Å². The van der Waals surface area contributed by atoms with Crippen molar-refractivity contribution in [1.29, 1.82) is 0 Å². The van der Waals surface area contributed by atoms with Crippen LogP contribution in [0, 0.1) is 5.92 Å². The molecular formula is C17H20ClN3O2S. The minimum absolute atomic E-state index is 0.117. The summed E-state index contributed by atoms with van der Waals surface area (Å²) in [6.45, 7) is 4.29. The fourth-order valence-electron chi connectivity index (χ4n) is 2.73. The standard InChI is InChI=1S/C17H20ClN3O2S/c1-13-7-9-21(10-8-13)15-5-6-17(19-12-15)20-24(22,23)16-4-2-3-14(18)11-16/h2-6,11-13H,7-10H2,1H3,(H,19,20). The van der Waals surface area contributed by atoms with Crippen LogP contribution in [-0.2, 0) is 10.0 Å². The maximum atomic E-state index is 12.4. The van der Waals surface area contributed by atoms with Crippen LogP contribution in [-0.4, -0.2) is 26.5 Å². The van der Waals surface area contributed by atoms with E-state index in [0.717, 1.165) is 24.7 Å². The Morgan fingerprint density at radius 3 is 2.58 bits per heavy atom. The first-order valence-electron chi connectivity index (χ1n) is 7.93. The van der Waals surface area contributed by atoms with Crippen LogP contribution in [0.1, 0.15) is 19.8 Å². The van der Waals surface area contributed by atoms with Gasteiger partial charge in [-0.1, -0.05) is 24.6 Å². The van der Waals surface area contributed by atoms with E-state index in [1.807, 2.05) is 6.07 Å². The Morgan fingerprint density at radius 1 is 1.21 bits per heavy atom. The molecule has 128 valence electrons. The summed E-state index contributed by atoms with van der Waals surface area (Å²) >= 11 is 5.86. The van der Waals surface area contributed by atoms with Gasteiger partial charge in [0.1, 0.15) is 5.82 Å². The van der Waals surface area contributed by atoms with E-state index in [4.69, 9.17) is 11.6 Å². The zero-order valence-electron chi connectivity index (χ0n) is 13.4. The van der Waals surface area contributed by atoms with Crippen molar-refractivity contribution >= 4 is 33.1 Å². The number of piperidine rings is 1. The first kappa shape index (κ1) is 17.0. The maximum absolute atomic E-state index is 12.4. The molecule has 2 aromatic rings. The van der Waals surface area contributed by atoms with Crippen LogP contribution in [0.15, 0.2) is 47.5 Å². The van der Waals surface area contributed by atoms with E-state index in [0.29, 0.717) is 10.8 Å². The summed E-state index contributed by atoms with van der Waals surface area (Å²) in [5.41, 5.74) is 1.02. The van der Waals surface area contributed by atoms with Crippen molar-refractivity contribution in [2.45, 2.75) is 24.7 Å². The van der Waals surface area contributed by atoms with Gasteiger partial charge in [0.2, 0.25) is 0 Å². The number of nitrogens with zero attached hydrogens (tertiary/aromatic N) is 2. The fraction of sp³-hybridized carbons (Fsp3) is 0.353. The van der Waals surface area contributed by atoms with E-state index in [1.54, 1.807) is 24.4 Å². The van der Waals surface area contributed by atoms with E-state index in [1.165, 1.54) is 25.0 Å². The monoisotopic (exact) mass is 365 g/mol. The average molecular weight is 366 g/mol. The van der Waals surface area contributed by atoms with E-state index in [2.05, 4.69) is 21.5 Å². The van der Waals surface area contributed by atoms with Gasteiger partial charge in [-0.05, 0) is 49.1 Å². The first-order chi connectivity index (χ1) is 11.4. The minimum Gasteiger partial charge on any atom is -0.370 e. The summed E-state index contributed by atoms with van der Waals surface area (Å²) in [5, 5.41) is 0.375. The number of sulfonamides is 1. The quantitative estimate of drug-likeness (QED) is 0.895. The summed E-state index contributed by atoms with van der Waals surface area (Å²) in [6, 6.07) is 9.73. The summed E-state index contributed by atoms with van der Waals surface area (Å²) in [6.07, 6.45) is 4.05. The molecule has 1 aromatic heterocycles. The molecule has 2 heterocycles. The molecule has 1 aromatic carbocycles. The molecule has 0 amide bonds. The predicted molar refractivity (Wildman–Crippen MR) is 97.1 cm³/mol. The number of pyridine rings is 1. The lowest BCUT2D eigenvalue weighted by atomic mass is 9.99. The molecule has 1 N–H and O–H groups in total. The number of aromatic nitrogens is 1. The fourth-order valence-corrected chi connectivity index (χ4v) is 4.04. The number of rotatable bonds is 4. The Morgan fingerprint density at radius 2 is 1.96 bits per heavy atom. The second-order valence-corrected chi connectivity index (χ2v) is 8.25. The third-order valence-corrected chi connectivity index (χ3v) is 5.83. The topological polar surface area (TPSA) is 62.3 Å². The lowest BCUT2D eigenvalue weighted by Gasteiger charge is -2.31. The van der Waals surface area contributed by atoms with Gasteiger partial charge in [-0.2, -0.15) is 0 Å². The van der Waals surface area contributed by atoms with E-state index >= 15 is 0 Å². The van der Waals surface area contributed by atoms with Crippen molar-refractivity contribution < 1.29 is 8.42 Å². The molecular weight excluding hydrogens is 346 g/mol. The zero-order valence-corrected chi connectivity index (χ0v) is 15.0. The van der Waals surface area contributed by atoms with Crippen molar-refractivity contribution in [3.8, 4) is 0 Å². The summed E-state index contributed by atoms with van der Waals surface area (Å²) in [7, 11) is -3.69.